The number of primary amides is 1. The Labute approximate surface area is 325 Å². The number of nitrogens with zero attached hydrogens (tertiary/aromatic N) is 3. The fraction of sp³-hybridized carbons (Fsp3) is 0.692. The molecule has 15 nitrogen and oxygen atoms in total. The minimum atomic E-state index is -3.55. The van der Waals surface area contributed by atoms with E-state index in [2.05, 4.69) is 10.6 Å². The van der Waals surface area contributed by atoms with Gasteiger partial charge in [-0.05, 0) is 40.7 Å². The number of sulfonamides is 1. The summed E-state index contributed by atoms with van der Waals surface area (Å²) in [4.78, 5) is 83.8. The van der Waals surface area contributed by atoms with Crippen molar-refractivity contribution in [2.75, 3.05) is 32.9 Å². The van der Waals surface area contributed by atoms with Gasteiger partial charge in [0, 0.05) is 51.5 Å². The van der Waals surface area contributed by atoms with Gasteiger partial charge in [-0.15, -0.1) is 0 Å². The molecule has 2 heterocycles. The standard InChI is InChI=1S/C39H60N6O9S/c1-38(2,3)31(23-43(7)55(8,52)53)41-36(50)42-33(39(4,5)6)35(49)45-22-28(54-37(51)44-17-16-25-14-9-10-15-26(25)21-44)20-29(45)30(46)19-27(32(47)34(40)48)18-24-12-11-13-24/h9-10,14-15,24,27-29,31,33H,11-13,16-23H2,1-8H3,(H2,40,48)(H2,41,42,50)/t27?,28?,29-,31+,33+/m0/s1. The molecule has 1 saturated carbocycles. The number of carbonyl (C=O) groups is 6. The third kappa shape index (κ3) is 11.5. The maximum absolute atomic E-state index is 14.6. The van der Waals surface area contributed by atoms with Gasteiger partial charge in [0.1, 0.15) is 12.1 Å². The van der Waals surface area contributed by atoms with Crippen molar-refractivity contribution in [1.82, 2.24) is 24.7 Å². The molecule has 1 aliphatic carbocycles. The highest BCUT2D eigenvalue weighted by atomic mass is 32.2. The Morgan fingerprint density at radius 2 is 1.62 bits per heavy atom. The lowest BCUT2D eigenvalue weighted by Gasteiger charge is -2.37. The Morgan fingerprint density at radius 3 is 2.16 bits per heavy atom. The molecule has 4 rings (SSSR count). The molecule has 5 amide bonds. The molecule has 1 saturated heterocycles. The van der Waals surface area contributed by atoms with Crippen LogP contribution in [0.2, 0.25) is 0 Å². The molecule has 0 bridgehead atoms. The second-order valence-corrected chi connectivity index (χ2v) is 19.8. The van der Waals surface area contributed by atoms with Crippen molar-refractivity contribution in [1.29, 1.82) is 0 Å². The van der Waals surface area contributed by atoms with E-state index in [4.69, 9.17) is 10.5 Å². The maximum Gasteiger partial charge on any atom is 0.410 e. The van der Waals surface area contributed by atoms with Crippen molar-refractivity contribution in [2.24, 2.45) is 28.4 Å². The second kappa shape index (κ2) is 17.4. The summed E-state index contributed by atoms with van der Waals surface area (Å²) < 4.78 is 31.5. The highest BCUT2D eigenvalue weighted by Gasteiger charge is 2.47. The summed E-state index contributed by atoms with van der Waals surface area (Å²) >= 11 is 0. The number of ketones is 2. The molecule has 16 heteroatoms. The number of benzene rings is 1. The molecule has 1 aromatic rings. The number of hydrogen-bond donors (Lipinski definition) is 3. The fourth-order valence-corrected chi connectivity index (χ4v) is 7.79. The first-order chi connectivity index (χ1) is 25.4. The third-order valence-corrected chi connectivity index (χ3v) is 12.5. The quantitative estimate of drug-likeness (QED) is 0.237. The largest absolute Gasteiger partial charge is 0.444 e. The van der Waals surface area contributed by atoms with Gasteiger partial charge in [0.2, 0.25) is 21.7 Å². The van der Waals surface area contributed by atoms with Crippen molar-refractivity contribution < 1.29 is 41.9 Å². The van der Waals surface area contributed by atoms with E-state index in [1.54, 1.807) is 25.7 Å². The predicted molar refractivity (Wildman–Crippen MR) is 206 cm³/mol. The van der Waals surface area contributed by atoms with E-state index < -0.39 is 86.5 Å². The Balaban J connectivity index is 1.58. The van der Waals surface area contributed by atoms with Crippen LogP contribution in [0.15, 0.2) is 24.3 Å². The number of nitrogens with two attached hydrogens (primary N) is 1. The SMILES string of the molecule is CN(C[C@@H](NC(=O)N[C@H](C(=O)N1CC(OC(=O)N2CCc3ccccc3C2)C[C@H]1C(=O)CC(CC1CCC1)C(=O)C(N)=O)C(C)(C)C)C(C)(C)C)S(C)(=O)=O. The number of nitrogens with one attached hydrogen (secondary N) is 2. The lowest BCUT2D eigenvalue weighted by Crippen LogP contribution is -2.61. The van der Waals surface area contributed by atoms with Crippen LogP contribution in [0.3, 0.4) is 0 Å². The molecule has 0 radical (unpaired) electrons. The van der Waals surface area contributed by atoms with E-state index in [0.717, 1.165) is 41.0 Å². The van der Waals surface area contributed by atoms with Crippen LogP contribution >= 0.6 is 0 Å². The van der Waals surface area contributed by atoms with Crippen LogP contribution in [0.5, 0.6) is 0 Å². The van der Waals surface area contributed by atoms with Gasteiger partial charge >= 0.3 is 12.1 Å². The monoisotopic (exact) mass is 788 g/mol. The lowest BCUT2D eigenvalue weighted by atomic mass is 9.76. The molecule has 1 aromatic carbocycles. The van der Waals surface area contributed by atoms with E-state index in [1.807, 2.05) is 45.0 Å². The van der Waals surface area contributed by atoms with Crippen molar-refractivity contribution in [3.8, 4) is 0 Å². The highest BCUT2D eigenvalue weighted by Crippen LogP contribution is 2.35. The van der Waals surface area contributed by atoms with Crippen LogP contribution in [-0.2, 0) is 46.9 Å². The Kier molecular flexibility index (Phi) is 13.8. The summed E-state index contributed by atoms with van der Waals surface area (Å²) in [6.07, 6.45) is 3.02. The molecule has 2 aliphatic heterocycles. The maximum atomic E-state index is 14.6. The number of amides is 5. The number of hydrogen-bond acceptors (Lipinski definition) is 9. The number of urea groups is 1. The van der Waals surface area contributed by atoms with Gasteiger partial charge in [0.05, 0.1) is 18.8 Å². The fourth-order valence-electron chi connectivity index (χ4n) is 7.37. The predicted octanol–water partition coefficient (Wildman–Crippen LogP) is 2.99. The van der Waals surface area contributed by atoms with Crippen molar-refractivity contribution in [3.63, 3.8) is 0 Å². The average Bonchev–Trinajstić information content (AvgIpc) is 3.49. The smallest absolute Gasteiger partial charge is 0.410 e. The molecule has 3 aliphatic rings. The molecule has 306 valence electrons. The Bertz CT molecular complexity index is 1730. The van der Waals surface area contributed by atoms with E-state index >= 15 is 0 Å². The molecule has 2 unspecified atom stereocenters. The normalized spacial score (nSPS) is 20.8. The molecular formula is C39H60N6O9S. The topological polar surface area (TPSA) is 206 Å². The van der Waals surface area contributed by atoms with Crippen LogP contribution < -0.4 is 16.4 Å². The van der Waals surface area contributed by atoms with Gasteiger partial charge in [-0.2, -0.15) is 0 Å². The van der Waals surface area contributed by atoms with Gasteiger partial charge < -0.3 is 30.9 Å². The molecule has 5 atom stereocenters. The van der Waals surface area contributed by atoms with Crippen molar-refractivity contribution >= 4 is 45.5 Å². The summed E-state index contributed by atoms with van der Waals surface area (Å²) in [5.74, 6) is -3.76. The summed E-state index contributed by atoms with van der Waals surface area (Å²) in [6, 6.07) is 4.18. The number of carbonyl (C=O) groups excluding carboxylic acids is 6. The van der Waals surface area contributed by atoms with Gasteiger partial charge in [-0.25, -0.2) is 22.3 Å². The number of rotatable bonds is 14. The molecule has 0 spiro atoms. The Hall–Kier alpha value is -4.05. The van der Waals surface area contributed by atoms with Gasteiger partial charge in [-0.1, -0.05) is 85.1 Å². The number of likely N-dealkylation sites (N-methyl/N-ethyl adjacent to an activating group) is 1. The van der Waals surface area contributed by atoms with Crippen LogP contribution in [0.4, 0.5) is 9.59 Å². The zero-order valence-corrected chi connectivity index (χ0v) is 34.4. The first-order valence-corrected chi connectivity index (χ1v) is 21.0. The number of ether oxygens (including phenoxy) is 1. The van der Waals surface area contributed by atoms with E-state index in [9.17, 15) is 37.2 Å². The number of Topliss-reactive ketones (excluding diaryl/α,β-unsaturated/α-hetero) is 2. The van der Waals surface area contributed by atoms with Crippen molar-refractivity contribution in [2.45, 2.75) is 117 Å². The van der Waals surface area contributed by atoms with E-state index in [-0.39, 0.29) is 31.8 Å². The van der Waals surface area contributed by atoms with Crippen LogP contribution in [0.1, 0.15) is 91.2 Å². The van der Waals surface area contributed by atoms with Gasteiger partial charge in [0.25, 0.3) is 5.91 Å². The number of likely N-dealkylation sites (tertiary alicyclic amines) is 1. The average molecular weight is 789 g/mol. The summed E-state index contributed by atoms with van der Waals surface area (Å²) in [7, 11) is -2.14. The van der Waals surface area contributed by atoms with Gasteiger partial charge in [0.15, 0.2) is 5.78 Å². The molecule has 55 heavy (non-hydrogen) atoms. The minimum absolute atomic E-state index is 0.0196. The first kappa shape index (κ1) is 43.7. The third-order valence-electron chi connectivity index (χ3n) is 11.2. The van der Waals surface area contributed by atoms with Crippen LogP contribution in [-0.4, -0.2) is 115 Å². The molecule has 0 aromatic heterocycles. The first-order valence-electron chi connectivity index (χ1n) is 19.1. The second-order valence-electron chi connectivity index (χ2n) is 17.7. The number of fused-ring (bicyclic) bond motifs is 1. The summed E-state index contributed by atoms with van der Waals surface area (Å²) in [5, 5.41) is 5.64. The summed E-state index contributed by atoms with van der Waals surface area (Å²) in [5.41, 5.74) is 6.09. The van der Waals surface area contributed by atoms with Crippen molar-refractivity contribution in [3.05, 3.63) is 35.4 Å². The van der Waals surface area contributed by atoms with Crippen LogP contribution in [0.25, 0.3) is 0 Å². The van der Waals surface area contributed by atoms with Crippen LogP contribution in [0, 0.1) is 22.7 Å². The highest BCUT2D eigenvalue weighted by molar-refractivity contribution is 7.88. The molecule has 4 N–H and O–H groups in total. The molecular weight excluding hydrogens is 729 g/mol. The zero-order valence-electron chi connectivity index (χ0n) is 33.6. The Morgan fingerprint density at radius 1 is 0.982 bits per heavy atom. The van der Waals surface area contributed by atoms with Gasteiger partial charge in [-0.3, -0.25) is 19.2 Å². The van der Waals surface area contributed by atoms with E-state index in [0.29, 0.717) is 25.9 Å². The summed E-state index contributed by atoms with van der Waals surface area (Å²) in [6.45, 7) is 11.5. The molecule has 2 fully saturated rings. The minimum Gasteiger partial charge on any atom is -0.444 e. The zero-order chi connectivity index (χ0) is 41.0. The van der Waals surface area contributed by atoms with E-state index in [1.165, 1.54) is 11.9 Å². The lowest BCUT2D eigenvalue weighted by molar-refractivity contribution is -0.143.